The van der Waals surface area contributed by atoms with Crippen LogP contribution < -0.4 is 0 Å². The monoisotopic (exact) mass is 182 g/mol. The van der Waals surface area contributed by atoms with Gasteiger partial charge in [-0.25, -0.2) is 0 Å². The Hall–Kier alpha value is -0.130. The van der Waals surface area contributed by atoms with Crippen LogP contribution in [0.3, 0.4) is 0 Å². The van der Waals surface area contributed by atoms with Crippen molar-refractivity contribution in [3.8, 4) is 0 Å². The maximum Gasteiger partial charge on any atom is 0.270 e. The van der Waals surface area contributed by atoms with Crippen molar-refractivity contribution in [1.82, 2.24) is 0 Å². The number of aliphatic hydroxyl groups is 1. The minimum absolute atomic E-state index is 0.342. The molecule has 0 aromatic carbocycles. The fourth-order valence-electron chi connectivity index (χ4n) is 0.628. The van der Waals surface area contributed by atoms with Crippen molar-refractivity contribution in [3.05, 3.63) is 0 Å². The molecule has 0 bridgehead atoms. The summed E-state index contributed by atoms with van der Waals surface area (Å²) in [7, 11) is -3.53. The van der Waals surface area contributed by atoms with Crippen LogP contribution in [-0.2, 0) is 14.3 Å². The van der Waals surface area contributed by atoms with Crippen LogP contribution in [0.5, 0.6) is 0 Å². The van der Waals surface area contributed by atoms with Crippen LogP contribution in [0.4, 0.5) is 0 Å². The summed E-state index contributed by atoms with van der Waals surface area (Å²) in [6, 6.07) is 0. The highest BCUT2D eigenvalue weighted by atomic mass is 32.2. The van der Waals surface area contributed by atoms with Gasteiger partial charge < -0.3 is 5.11 Å². The Kier molecular flexibility index (Phi) is 3.99. The van der Waals surface area contributed by atoms with E-state index >= 15 is 0 Å². The summed E-state index contributed by atoms with van der Waals surface area (Å²) in [5.41, 5.74) is 0. The maximum atomic E-state index is 10.9. The van der Waals surface area contributed by atoms with Crippen molar-refractivity contribution in [3.63, 3.8) is 0 Å². The van der Waals surface area contributed by atoms with Crippen molar-refractivity contribution in [2.75, 3.05) is 5.75 Å². The van der Waals surface area contributed by atoms with Crippen LogP contribution in [-0.4, -0.2) is 31.5 Å². The van der Waals surface area contributed by atoms with Crippen molar-refractivity contribution < 1.29 is 17.7 Å². The standard InChI is InChI=1S/C6H14O4S/c1-5(2)10-11(8,9)4-6(3)7/h5-7H,4H2,1-3H3. The van der Waals surface area contributed by atoms with Crippen LogP contribution in [0.25, 0.3) is 0 Å². The van der Waals surface area contributed by atoms with Gasteiger partial charge in [0, 0.05) is 0 Å². The minimum Gasteiger partial charge on any atom is -0.392 e. The van der Waals surface area contributed by atoms with Crippen molar-refractivity contribution in [2.45, 2.75) is 33.0 Å². The molecular formula is C6H14O4S. The molecule has 0 saturated heterocycles. The SMILES string of the molecule is CC(O)CS(=O)(=O)OC(C)C. The molecule has 5 heteroatoms. The van der Waals surface area contributed by atoms with Gasteiger partial charge in [0.1, 0.15) is 5.75 Å². The highest BCUT2D eigenvalue weighted by Crippen LogP contribution is 2.00. The third-order valence-electron chi connectivity index (χ3n) is 0.784. The molecule has 0 fully saturated rings. The van der Waals surface area contributed by atoms with E-state index in [4.69, 9.17) is 5.11 Å². The largest absolute Gasteiger partial charge is 0.392 e. The van der Waals surface area contributed by atoms with Gasteiger partial charge in [-0.1, -0.05) is 0 Å². The Balaban J connectivity index is 4.03. The minimum atomic E-state index is -3.53. The molecule has 68 valence electrons. The molecule has 0 saturated carbocycles. The molecule has 1 atom stereocenters. The van der Waals surface area contributed by atoms with E-state index in [0.29, 0.717) is 0 Å². The van der Waals surface area contributed by atoms with Gasteiger partial charge in [0.15, 0.2) is 0 Å². The highest BCUT2D eigenvalue weighted by Gasteiger charge is 2.15. The van der Waals surface area contributed by atoms with Crippen LogP contribution in [0.1, 0.15) is 20.8 Å². The van der Waals surface area contributed by atoms with E-state index in [1.54, 1.807) is 13.8 Å². The van der Waals surface area contributed by atoms with Crippen molar-refractivity contribution >= 4 is 10.1 Å². The van der Waals surface area contributed by atoms with Gasteiger partial charge >= 0.3 is 0 Å². The molecular weight excluding hydrogens is 168 g/mol. The number of rotatable bonds is 4. The topological polar surface area (TPSA) is 63.6 Å². The zero-order valence-corrected chi connectivity index (χ0v) is 7.76. The first-order valence-electron chi connectivity index (χ1n) is 3.42. The van der Waals surface area contributed by atoms with Crippen LogP contribution >= 0.6 is 0 Å². The summed E-state index contributed by atoms with van der Waals surface area (Å²) >= 11 is 0. The first-order chi connectivity index (χ1) is 4.83. The van der Waals surface area contributed by atoms with E-state index < -0.39 is 16.2 Å². The van der Waals surface area contributed by atoms with Gasteiger partial charge in [0.25, 0.3) is 10.1 Å². The molecule has 0 heterocycles. The Morgan fingerprint density at radius 3 is 2.09 bits per heavy atom. The van der Waals surface area contributed by atoms with E-state index in [-0.39, 0.29) is 11.9 Å². The predicted molar refractivity (Wildman–Crippen MR) is 41.7 cm³/mol. The second kappa shape index (κ2) is 4.04. The maximum absolute atomic E-state index is 10.9. The average molecular weight is 182 g/mol. The number of hydrogen-bond donors (Lipinski definition) is 1. The molecule has 0 radical (unpaired) electrons. The summed E-state index contributed by atoms with van der Waals surface area (Å²) in [6.45, 7) is 4.65. The molecule has 0 rings (SSSR count). The molecule has 4 nitrogen and oxygen atoms in total. The second-order valence-electron chi connectivity index (χ2n) is 2.72. The zero-order chi connectivity index (χ0) is 9.07. The number of hydrogen-bond acceptors (Lipinski definition) is 4. The molecule has 0 amide bonds. The van der Waals surface area contributed by atoms with Crippen LogP contribution in [0, 0.1) is 0 Å². The Morgan fingerprint density at radius 1 is 1.36 bits per heavy atom. The lowest BCUT2D eigenvalue weighted by atomic mass is 10.5. The molecule has 0 aliphatic heterocycles. The van der Waals surface area contributed by atoms with E-state index in [9.17, 15) is 8.42 Å². The third kappa shape index (κ3) is 6.28. The Morgan fingerprint density at radius 2 is 1.82 bits per heavy atom. The first-order valence-corrected chi connectivity index (χ1v) is 5.00. The molecule has 0 spiro atoms. The quantitative estimate of drug-likeness (QED) is 0.627. The Labute approximate surface area is 67.3 Å². The normalized spacial score (nSPS) is 15.4. The lowest BCUT2D eigenvalue weighted by molar-refractivity contribution is 0.202. The summed E-state index contributed by atoms with van der Waals surface area (Å²) in [5, 5.41) is 8.74. The molecule has 0 aliphatic rings. The molecule has 1 N–H and O–H groups in total. The molecule has 1 unspecified atom stereocenters. The fraction of sp³-hybridized carbons (Fsp3) is 1.00. The summed E-state index contributed by atoms with van der Waals surface area (Å²) in [6.07, 6.45) is -1.24. The van der Waals surface area contributed by atoms with Crippen molar-refractivity contribution in [2.24, 2.45) is 0 Å². The second-order valence-corrected chi connectivity index (χ2v) is 4.36. The molecule has 0 aliphatic carbocycles. The predicted octanol–water partition coefficient (Wildman–Crippen LogP) is 0.122. The van der Waals surface area contributed by atoms with E-state index in [2.05, 4.69) is 4.18 Å². The smallest absolute Gasteiger partial charge is 0.270 e. The molecule has 0 aromatic heterocycles. The van der Waals surface area contributed by atoms with Crippen molar-refractivity contribution in [1.29, 1.82) is 0 Å². The van der Waals surface area contributed by atoms with Crippen LogP contribution in [0.15, 0.2) is 0 Å². The molecule has 11 heavy (non-hydrogen) atoms. The van der Waals surface area contributed by atoms with Gasteiger partial charge in [0.2, 0.25) is 0 Å². The number of aliphatic hydroxyl groups excluding tert-OH is 1. The summed E-state index contributed by atoms with van der Waals surface area (Å²) in [4.78, 5) is 0. The summed E-state index contributed by atoms with van der Waals surface area (Å²) in [5.74, 6) is -0.342. The van der Waals surface area contributed by atoms with Gasteiger partial charge in [-0.2, -0.15) is 8.42 Å². The van der Waals surface area contributed by atoms with E-state index in [1.165, 1.54) is 6.92 Å². The van der Waals surface area contributed by atoms with E-state index in [0.717, 1.165) is 0 Å². The lowest BCUT2D eigenvalue weighted by Crippen LogP contribution is -2.22. The summed E-state index contributed by atoms with van der Waals surface area (Å²) < 4.78 is 26.3. The fourth-order valence-corrected chi connectivity index (χ4v) is 1.88. The van der Waals surface area contributed by atoms with Gasteiger partial charge in [-0.15, -0.1) is 0 Å². The van der Waals surface area contributed by atoms with Gasteiger partial charge in [-0.05, 0) is 20.8 Å². The first kappa shape index (κ1) is 10.9. The molecule has 0 aromatic rings. The third-order valence-corrected chi connectivity index (χ3v) is 2.35. The van der Waals surface area contributed by atoms with Gasteiger partial charge in [-0.3, -0.25) is 4.18 Å². The van der Waals surface area contributed by atoms with Crippen LogP contribution in [0.2, 0.25) is 0 Å². The highest BCUT2D eigenvalue weighted by molar-refractivity contribution is 7.86. The average Bonchev–Trinajstić information content (AvgIpc) is 1.53. The lowest BCUT2D eigenvalue weighted by Gasteiger charge is -2.08. The van der Waals surface area contributed by atoms with Gasteiger partial charge in [0.05, 0.1) is 12.2 Å². The Bertz CT molecular complexity index is 177. The van der Waals surface area contributed by atoms with E-state index in [1.807, 2.05) is 0 Å². The zero-order valence-electron chi connectivity index (χ0n) is 6.94.